The van der Waals surface area contributed by atoms with E-state index in [2.05, 4.69) is 22.5 Å². The lowest BCUT2D eigenvalue weighted by atomic mass is 9.99. The summed E-state index contributed by atoms with van der Waals surface area (Å²) in [4.78, 5) is 14.9. The van der Waals surface area contributed by atoms with Crippen molar-refractivity contribution in [2.45, 2.75) is 31.8 Å². The smallest absolute Gasteiger partial charge is 0.277 e. The Morgan fingerprint density at radius 1 is 1.38 bits per heavy atom. The summed E-state index contributed by atoms with van der Waals surface area (Å²) in [6, 6.07) is 5.91. The zero-order valence-electron chi connectivity index (χ0n) is 11.9. The normalized spacial score (nSPS) is 22.1. The number of benzene rings is 1. The number of hydrogen-bond donors (Lipinski definition) is 2. The zero-order chi connectivity index (χ0) is 14.8. The van der Waals surface area contributed by atoms with Gasteiger partial charge in [-0.3, -0.25) is 15.1 Å². The summed E-state index contributed by atoms with van der Waals surface area (Å²) in [6.45, 7) is 3.16. The van der Waals surface area contributed by atoms with E-state index in [9.17, 15) is 10.1 Å². The lowest BCUT2D eigenvalue weighted by molar-refractivity contribution is -0.383. The third-order valence-electron chi connectivity index (χ3n) is 3.98. The number of nitro benzene ring substituents is 1. The predicted octanol–water partition coefficient (Wildman–Crippen LogP) is 2.70. The van der Waals surface area contributed by atoms with Crippen LogP contribution in [0.2, 0.25) is 0 Å². The van der Waals surface area contributed by atoms with Crippen LogP contribution in [0.4, 0.5) is 11.4 Å². The molecule has 0 aliphatic carbocycles. The molecule has 2 aromatic rings. The quantitative estimate of drug-likeness (QED) is 0.670. The molecule has 2 heterocycles. The molecule has 1 saturated heterocycles. The van der Waals surface area contributed by atoms with Crippen LogP contribution in [-0.4, -0.2) is 28.5 Å². The van der Waals surface area contributed by atoms with Gasteiger partial charge in [0.15, 0.2) is 0 Å². The molecule has 0 saturated carbocycles. The molecule has 2 unspecified atom stereocenters. The predicted molar refractivity (Wildman–Crippen MR) is 82.5 cm³/mol. The van der Waals surface area contributed by atoms with E-state index in [4.69, 9.17) is 0 Å². The van der Waals surface area contributed by atoms with Crippen LogP contribution in [0.15, 0.2) is 30.6 Å². The van der Waals surface area contributed by atoms with Crippen molar-refractivity contribution in [2.75, 3.05) is 11.9 Å². The van der Waals surface area contributed by atoms with Gasteiger partial charge in [-0.25, -0.2) is 0 Å². The lowest BCUT2D eigenvalue weighted by Crippen LogP contribution is -2.41. The molecule has 6 heteroatoms. The third kappa shape index (κ3) is 2.80. The Kier molecular flexibility index (Phi) is 3.70. The molecule has 0 amide bonds. The Hall–Kier alpha value is -2.21. The van der Waals surface area contributed by atoms with Gasteiger partial charge in [0, 0.05) is 41.6 Å². The minimum absolute atomic E-state index is 0.122. The van der Waals surface area contributed by atoms with Crippen molar-refractivity contribution in [2.24, 2.45) is 0 Å². The number of pyridine rings is 1. The Morgan fingerprint density at radius 3 is 3.00 bits per heavy atom. The SMILES string of the molecule is CC1CC(Nc2ccc([N+](=O)[O-])c3ccncc23)CCN1. The van der Waals surface area contributed by atoms with Gasteiger partial charge in [-0.1, -0.05) is 0 Å². The summed E-state index contributed by atoms with van der Waals surface area (Å²) < 4.78 is 0. The number of anilines is 1. The molecule has 1 aromatic carbocycles. The van der Waals surface area contributed by atoms with Gasteiger partial charge in [-0.2, -0.15) is 0 Å². The van der Waals surface area contributed by atoms with E-state index in [1.807, 2.05) is 0 Å². The molecule has 1 fully saturated rings. The number of rotatable bonds is 3. The largest absolute Gasteiger partial charge is 0.382 e. The van der Waals surface area contributed by atoms with Gasteiger partial charge in [0.25, 0.3) is 5.69 Å². The van der Waals surface area contributed by atoms with Gasteiger partial charge in [0.05, 0.1) is 10.3 Å². The fourth-order valence-corrected chi connectivity index (χ4v) is 2.94. The highest BCUT2D eigenvalue weighted by molar-refractivity contribution is 5.99. The number of fused-ring (bicyclic) bond motifs is 1. The summed E-state index contributed by atoms with van der Waals surface area (Å²) in [6.07, 6.45) is 5.36. The van der Waals surface area contributed by atoms with Gasteiger partial charge in [-0.15, -0.1) is 0 Å². The third-order valence-corrected chi connectivity index (χ3v) is 3.98. The van der Waals surface area contributed by atoms with E-state index < -0.39 is 0 Å². The topological polar surface area (TPSA) is 80.1 Å². The fourth-order valence-electron chi connectivity index (χ4n) is 2.94. The Bertz CT molecular complexity index is 674. The maximum absolute atomic E-state index is 11.1. The van der Waals surface area contributed by atoms with Crippen molar-refractivity contribution >= 4 is 22.1 Å². The standard InChI is InChI=1S/C15H18N4O2/c1-10-8-11(4-7-17-10)18-14-2-3-15(19(20)21)12-5-6-16-9-13(12)14/h2-3,5-6,9-11,17-18H,4,7-8H2,1H3. The average molecular weight is 286 g/mol. The molecule has 21 heavy (non-hydrogen) atoms. The number of nitro groups is 1. The molecular weight excluding hydrogens is 268 g/mol. The van der Waals surface area contributed by atoms with E-state index in [0.717, 1.165) is 30.5 Å². The number of piperidine rings is 1. The molecule has 1 aromatic heterocycles. The van der Waals surface area contributed by atoms with Crippen LogP contribution in [0.3, 0.4) is 0 Å². The summed E-state index contributed by atoms with van der Waals surface area (Å²) in [5, 5.41) is 19.5. The van der Waals surface area contributed by atoms with E-state index in [1.54, 1.807) is 30.6 Å². The first kappa shape index (κ1) is 13.8. The second kappa shape index (κ2) is 5.65. The highest BCUT2D eigenvalue weighted by atomic mass is 16.6. The van der Waals surface area contributed by atoms with E-state index in [-0.39, 0.29) is 10.6 Å². The number of non-ortho nitro benzene ring substituents is 1. The second-order valence-corrected chi connectivity index (χ2v) is 5.53. The summed E-state index contributed by atoms with van der Waals surface area (Å²) in [5.74, 6) is 0. The highest BCUT2D eigenvalue weighted by Gasteiger charge is 2.20. The van der Waals surface area contributed by atoms with Crippen LogP contribution >= 0.6 is 0 Å². The first-order chi connectivity index (χ1) is 10.1. The van der Waals surface area contributed by atoms with Crippen molar-refractivity contribution in [3.05, 3.63) is 40.7 Å². The van der Waals surface area contributed by atoms with E-state index in [1.165, 1.54) is 0 Å². The first-order valence-electron chi connectivity index (χ1n) is 7.16. The monoisotopic (exact) mass is 286 g/mol. The van der Waals surface area contributed by atoms with Gasteiger partial charge >= 0.3 is 0 Å². The molecule has 0 bridgehead atoms. The van der Waals surface area contributed by atoms with Crippen LogP contribution in [0, 0.1) is 10.1 Å². The van der Waals surface area contributed by atoms with Crippen molar-refractivity contribution in [3.8, 4) is 0 Å². The molecule has 2 N–H and O–H groups in total. The van der Waals surface area contributed by atoms with Crippen LogP contribution in [0.25, 0.3) is 10.8 Å². The molecule has 3 rings (SSSR count). The molecule has 0 spiro atoms. The summed E-state index contributed by atoms with van der Waals surface area (Å²) in [5.41, 5.74) is 1.04. The van der Waals surface area contributed by atoms with Crippen molar-refractivity contribution in [1.29, 1.82) is 0 Å². The Morgan fingerprint density at radius 2 is 2.24 bits per heavy atom. The Balaban J connectivity index is 1.96. The molecule has 110 valence electrons. The molecular formula is C15H18N4O2. The Labute approximate surface area is 122 Å². The summed E-state index contributed by atoms with van der Waals surface area (Å²) >= 11 is 0. The highest BCUT2D eigenvalue weighted by Crippen LogP contribution is 2.31. The molecule has 6 nitrogen and oxygen atoms in total. The van der Waals surface area contributed by atoms with Gasteiger partial charge in [-0.05, 0) is 38.4 Å². The maximum atomic E-state index is 11.1. The zero-order valence-corrected chi connectivity index (χ0v) is 11.9. The van der Waals surface area contributed by atoms with Crippen LogP contribution < -0.4 is 10.6 Å². The number of nitrogens with one attached hydrogen (secondary N) is 2. The first-order valence-corrected chi connectivity index (χ1v) is 7.16. The number of hydrogen-bond acceptors (Lipinski definition) is 5. The molecule has 1 aliphatic heterocycles. The van der Waals surface area contributed by atoms with Crippen molar-refractivity contribution in [3.63, 3.8) is 0 Å². The number of aromatic nitrogens is 1. The maximum Gasteiger partial charge on any atom is 0.277 e. The lowest BCUT2D eigenvalue weighted by Gasteiger charge is -2.29. The minimum Gasteiger partial charge on any atom is -0.382 e. The molecule has 1 aliphatic rings. The van der Waals surface area contributed by atoms with Crippen LogP contribution in [0.5, 0.6) is 0 Å². The summed E-state index contributed by atoms with van der Waals surface area (Å²) in [7, 11) is 0. The average Bonchev–Trinajstić information content (AvgIpc) is 2.47. The fraction of sp³-hybridized carbons (Fsp3) is 0.400. The number of nitrogens with zero attached hydrogens (tertiary/aromatic N) is 2. The van der Waals surface area contributed by atoms with Gasteiger partial charge in [0.1, 0.15) is 0 Å². The van der Waals surface area contributed by atoms with Gasteiger partial charge in [0.2, 0.25) is 0 Å². The van der Waals surface area contributed by atoms with Crippen LogP contribution in [-0.2, 0) is 0 Å². The van der Waals surface area contributed by atoms with Crippen LogP contribution in [0.1, 0.15) is 19.8 Å². The van der Waals surface area contributed by atoms with Crippen molar-refractivity contribution in [1.82, 2.24) is 10.3 Å². The molecule has 0 radical (unpaired) electrons. The molecule has 2 atom stereocenters. The van der Waals surface area contributed by atoms with E-state index in [0.29, 0.717) is 17.5 Å². The van der Waals surface area contributed by atoms with Gasteiger partial charge < -0.3 is 10.6 Å². The van der Waals surface area contributed by atoms with Crippen molar-refractivity contribution < 1.29 is 4.92 Å². The minimum atomic E-state index is -0.348. The second-order valence-electron chi connectivity index (χ2n) is 5.53. The van der Waals surface area contributed by atoms with E-state index >= 15 is 0 Å².